The second-order valence-electron chi connectivity index (χ2n) is 14.8. The number of rotatable bonds is 20. The molecule has 0 bridgehead atoms. The monoisotopic (exact) mass is 715 g/mol. The van der Waals surface area contributed by atoms with Gasteiger partial charge in [0.15, 0.2) is 5.78 Å². The van der Waals surface area contributed by atoms with Gasteiger partial charge in [-0.1, -0.05) is 85.2 Å². The van der Waals surface area contributed by atoms with E-state index >= 15 is 0 Å². The van der Waals surface area contributed by atoms with Gasteiger partial charge in [0, 0.05) is 33.4 Å². The molecule has 0 spiro atoms. The average molecular weight is 716 g/mol. The van der Waals surface area contributed by atoms with Gasteiger partial charge in [0.1, 0.15) is 6.04 Å². The largest absolute Gasteiger partial charge is 0.379 e. The number of ketones is 1. The summed E-state index contributed by atoms with van der Waals surface area (Å²) in [5, 5.41) is 8.87. The lowest BCUT2D eigenvalue weighted by molar-refractivity contribution is -0.147. The number of likely N-dealkylation sites (tertiary alicyclic amines) is 1. The van der Waals surface area contributed by atoms with E-state index in [1.165, 1.54) is 7.11 Å². The minimum atomic E-state index is -0.763. The van der Waals surface area contributed by atoms with Gasteiger partial charge in [-0.2, -0.15) is 0 Å². The van der Waals surface area contributed by atoms with E-state index in [2.05, 4.69) is 16.0 Å². The number of carbonyl (C=O) groups excluding carboxylic acids is 5. The molecule has 2 unspecified atom stereocenters. The van der Waals surface area contributed by atoms with Gasteiger partial charge in [-0.3, -0.25) is 24.0 Å². The van der Waals surface area contributed by atoms with E-state index in [9.17, 15) is 24.0 Å². The molecule has 0 saturated carbocycles. The number of amides is 4. The molecule has 288 valence electrons. The van der Waals surface area contributed by atoms with Gasteiger partial charge in [0.05, 0.1) is 48.7 Å². The van der Waals surface area contributed by atoms with E-state index in [0.717, 1.165) is 12.8 Å². The molecule has 2 rings (SSSR count). The van der Waals surface area contributed by atoms with Crippen molar-refractivity contribution in [1.82, 2.24) is 25.8 Å². The zero-order chi connectivity index (χ0) is 38.6. The summed E-state index contributed by atoms with van der Waals surface area (Å²) in [6, 6.07) is 6.07. The second kappa shape index (κ2) is 20.6. The highest BCUT2D eigenvalue weighted by atomic mass is 16.5. The summed E-state index contributed by atoms with van der Waals surface area (Å²) in [6.07, 6.45) is 0.934. The highest BCUT2D eigenvalue weighted by Crippen LogP contribution is 2.29. The third-order valence-corrected chi connectivity index (χ3v) is 10.6. The molecule has 1 aliphatic heterocycles. The molecule has 51 heavy (non-hydrogen) atoms. The Balaban J connectivity index is 2.24. The molecule has 12 nitrogen and oxygen atoms in total. The topological polar surface area (TPSA) is 146 Å². The van der Waals surface area contributed by atoms with Crippen LogP contribution in [0.15, 0.2) is 30.3 Å². The molecule has 4 amide bonds. The molecule has 1 saturated heterocycles. The van der Waals surface area contributed by atoms with Gasteiger partial charge in [-0.05, 0) is 44.6 Å². The molecule has 1 aromatic rings. The highest BCUT2D eigenvalue weighted by molar-refractivity contribution is 6.01. The lowest BCUT2D eigenvalue weighted by atomic mass is 9.89. The van der Waals surface area contributed by atoms with Crippen LogP contribution in [-0.4, -0.2) is 116 Å². The number of likely N-dealkylation sites (N-methyl/N-ethyl adjacent to an activating group) is 2. The van der Waals surface area contributed by atoms with Crippen molar-refractivity contribution >= 4 is 29.4 Å². The third-order valence-electron chi connectivity index (χ3n) is 10.6. The Hall–Kier alpha value is -3.35. The van der Waals surface area contributed by atoms with Gasteiger partial charge in [-0.25, -0.2) is 0 Å². The molecule has 3 N–H and O–H groups in total. The van der Waals surface area contributed by atoms with Crippen LogP contribution in [0.3, 0.4) is 0 Å². The molecule has 0 radical (unpaired) electrons. The fourth-order valence-electron chi connectivity index (χ4n) is 7.31. The molecule has 1 fully saturated rings. The average Bonchev–Trinajstić information content (AvgIpc) is 3.59. The van der Waals surface area contributed by atoms with Gasteiger partial charge >= 0.3 is 0 Å². The predicted molar refractivity (Wildman–Crippen MR) is 199 cm³/mol. The Labute approximate surface area is 306 Å². The molecular weight excluding hydrogens is 650 g/mol. The summed E-state index contributed by atoms with van der Waals surface area (Å²) < 4.78 is 11.9. The van der Waals surface area contributed by atoms with E-state index in [4.69, 9.17) is 9.47 Å². The van der Waals surface area contributed by atoms with Crippen LogP contribution < -0.4 is 16.0 Å². The molecule has 0 aliphatic carbocycles. The summed E-state index contributed by atoms with van der Waals surface area (Å²) in [5.41, 5.74) is 0.516. The van der Waals surface area contributed by atoms with Crippen molar-refractivity contribution in [3.63, 3.8) is 0 Å². The summed E-state index contributed by atoms with van der Waals surface area (Å²) in [6.45, 7) is 15.7. The molecule has 1 aromatic carbocycles. The fraction of sp³-hybridized carbons (Fsp3) is 0.718. The van der Waals surface area contributed by atoms with Crippen molar-refractivity contribution in [3.8, 4) is 0 Å². The first-order valence-corrected chi connectivity index (χ1v) is 18.5. The summed E-state index contributed by atoms with van der Waals surface area (Å²) >= 11 is 0. The van der Waals surface area contributed by atoms with Crippen molar-refractivity contribution < 1.29 is 33.4 Å². The van der Waals surface area contributed by atoms with Crippen molar-refractivity contribution in [2.24, 2.45) is 23.7 Å². The van der Waals surface area contributed by atoms with Crippen LogP contribution in [0.1, 0.15) is 91.4 Å². The second-order valence-corrected chi connectivity index (χ2v) is 14.8. The number of hydrogen-bond donors (Lipinski definition) is 3. The van der Waals surface area contributed by atoms with Crippen LogP contribution in [0.2, 0.25) is 0 Å². The van der Waals surface area contributed by atoms with Crippen molar-refractivity contribution in [2.75, 3.05) is 34.9 Å². The number of nitrogens with zero attached hydrogens (tertiary/aromatic N) is 2. The fourth-order valence-corrected chi connectivity index (χ4v) is 7.31. The zero-order valence-corrected chi connectivity index (χ0v) is 33.0. The predicted octanol–water partition coefficient (Wildman–Crippen LogP) is 3.68. The summed E-state index contributed by atoms with van der Waals surface area (Å²) in [5.74, 6) is -1.95. The van der Waals surface area contributed by atoms with Crippen LogP contribution in [0.4, 0.5) is 0 Å². The first kappa shape index (κ1) is 43.8. The van der Waals surface area contributed by atoms with Crippen LogP contribution >= 0.6 is 0 Å². The van der Waals surface area contributed by atoms with Crippen molar-refractivity contribution in [2.45, 2.75) is 123 Å². The maximum Gasteiger partial charge on any atom is 0.245 e. The van der Waals surface area contributed by atoms with Crippen molar-refractivity contribution in [1.29, 1.82) is 0 Å². The number of ether oxygens (including phenoxy) is 2. The Morgan fingerprint density at radius 3 is 2.00 bits per heavy atom. The molecular formula is C39H65N5O7. The van der Waals surface area contributed by atoms with E-state index in [-0.39, 0.29) is 59.6 Å². The van der Waals surface area contributed by atoms with Crippen LogP contribution in [0.5, 0.6) is 0 Å². The van der Waals surface area contributed by atoms with Gasteiger partial charge < -0.3 is 35.2 Å². The number of hydrogen-bond acceptors (Lipinski definition) is 8. The summed E-state index contributed by atoms with van der Waals surface area (Å²) in [7, 11) is 6.54. The first-order chi connectivity index (χ1) is 24.0. The quantitative estimate of drug-likeness (QED) is 0.174. The minimum absolute atomic E-state index is 0.0210. The third kappa shape index (κ3) is 11.3. The zero-order valence-electron chi connectivity index (χ0n) is 33.0. The van der Waals surface area contributed by atoms with E-state index in [1.54, 1.807) is 69.1 Å². The van der Waals surface area contributed by atoms with E-state index in [0.29, 0.717) is 18.5 Å². The highest BCUT2D eigenvalue weighted by Gasteiger charge is 2.43. The van der Waals surface area contributed by atoms with Crippen molar-refractivity contribution in [3.05, 3.63) is 35.9 Å². The SMILES string of the molecule is CC[C@H](C)C([C@@H](CC(=O)N1CCCC1[C@H](OC)[C@@H](C)C(=O)N[C@H](C)C(=O)c1ccccc1)OC)N(C)C(=O)[C@@H](NC(=O)[C@@H](NC)C(C)C)C(C)C. The Bertz CT molecular complexity index is 1290. The molecule has 1 aliphatic rings. The normalized spacial score (nSPS) is 19.4. The van der Waals surface area contributed by atoms with Gasteiger partial charge in [0.2, 0.25) is 23.6 Å². The van der Waals surface area contributed by atoms with E-state index in [1.807, 2.05) is 47.6 Å². The van der Waals surface area contributed by atoms with Crippen LogP contribution in [-0.2, 0) is 28.7 Å². The van der Waals surface area contributed by atoms with Gasteiger partial charge in [-0.15, -0.1) is 0 Å². The number of benzene rings is 1. The maximum absolute atomic E-state index is 14.1. The standard InChI is InChI=1S/C39H65N5O7/c1-13-25(6)34(43(10)39(49)33(24(4)5)42-38(48)32(40-9)23(2)3)30(50-11)22-31(45)44-21-17-20-29(44)36(51-12)26(7)37(47)41-27(8)35(46)28-18-15-14-16-19-28/h14-16,18-19,23-27,29-30,32-34,36,40H,13,17,20-22H2,1-12H3,(H,41,47)(H,42,48)/t25-,26+,27+,29?,30+,32-,33-,34?,36+/m0/s1. The molecule has 12 heteroatoms. The van der Waals surface area contributed by atoms with E-state index < -0.39 is 42.3 Å². The molecule has 1 heterocycles. The minimum Gasteiger partial charge on any atom is -0.379 e. The van der Waals surface area contributed by atoms with Gasteiger partial charge in [0.25, 0.3) is 0 Å². The summed E-state index contributed by atoms with van der Waals surface area (Å²) in [4.78, 5) is 71.1. The Kier molecular flexibility index (Phi) is 17.7. The molecule has 9 atom stereocenters. The Morgan fingerprint density at radius 1 is 0.882 bits per heavy atom. The lowest BCUT2D eigenvalue weighted by Crippen LogP contribution is -2.59. The number of methoxy groups -OCH3 is 2. The number of nitrogens with one attached hydrogen (secondary N) is 3. The van der Waals surface area contributed by atoms with Crippen LogP contribution in [0.25, 0.3) is 0 Å². The number of Topliss-reactive ketones (excluding diaryl/α,β-unsaturated/α-hetero) is 1. The maximum atomic E-state index is 14.1. The number of carbonyl (C=O) groups is 5. The smallest absolute Gasteiger partial charge is 0.245 e. The first-order valence-electron chi connectivity index (χ1n) is 18.5. The Morgan fingerprint density at radius 2 is 1.49 bits per heavy atom. The molecule has 0 aromatic heterocycles. The van der Waals surface area contributed by atoms with Crippen LogP contribution in [0, 0.1) is 23.7 Å². The lowest BCUT2D eigenvalue weighted by Gasteiger charge is -2.41.